The Labute approximate surface area is 120 Å². The van der Waals surface area contributed by atoms with Crippen LogP contribution in [-0.2, 0) is 0 Å². The van der Waals surface area contributed by atoms with E-state index in [-0.39, 0.29) is 5.78 Å². The highest BCUT2D eigenvalue weighted by atomic mass is 16.1. The second-order valence-electron chi connectivity index (χ2n) is 5.62. The fraction of sp³-hybridized carbons (Fsp3) is 0.316. The van der Waals surface area contributed by atoms with Crippen molar-refractivity contribution >= 4 is 5.78 Å². The van der Waals surface area contributed by atoms with Crippen LogP contribution >= 0.6 is 0 Å². The molecule has 1 fully saturated rings. The molecule has 102 valence electrons. The molecule has 0 aliphatic heterocycles. The molecule has 2 aromatic rings. The summed E-state index contributed by atoms with van der Waals surface area (Å²) in [7, 11) is 0. The second-order valence-corrected chi connectivity index (χ2v) is 5.62. The highest BCUT2D eigenvalue weighted by molar-refractivity contribution is 6.10. The second kappa shape index (κ2) is 6.04. The van der Waals surface area contributed by atoms with E-state index in [1.165, 1.54) is 37.7 Å². The summed E-state index contributed by atoms with van der Waals surface area (Å²) in [6.07, 6.45) is 6.36. The summed E-state index contributed by atoms with van der Waals surface area (Å²) in [5.74, 6) is 0.722. The predicted molar refractivity (Wildman–Crippen MR) is 82.1 cm³/mol. The highest BCUT2D eigenvalue weighted by Crippen LogP contribution is 2.34. The van der Waals surface area contributed by atoms with Gasteiger partial charge in [-0.05, 0) is 24.3 Å². The van der Waals surface area contributed by atoms with E-state index < -0.39 is 0 Å². The van der Waals surface area contributed by atoms with Gasteiger partial charge in [0.1, 0.15) is 0 Å². The molecule has 0 aromatic heterocycles. The van der Waals surface area contributed by atoms with Crippen LogP contribution in [0, 0.1) is 0 Å². The average molecular weight is 264 g/mol. The van der Waals surface area contributed by atoms with Crippen LogP contribution < -0.4 is 0 Å². The zero-order valence-corrected chi connectivity index (χ0v) is 11.7. The molecular formula is C19H20O. The lowest BCUT2D eigenvalue weighted by molar-refractivity contribution is 0.103. The molecule has 20 heavy (non-hydrogen) atoms. The molecule has 3 rings (SSSR count). The maximum absolute atomic E-state index is 12.7. The van der Waals surface area contributed by atoms with Gasteiger partial charge in [-0.3, -0.25) is 4.79 Å². The number of benzene rings is 2. The van der Waals surface area contributed by atoms with Gasteiger partial charge < -0.3 is 0 Å². The average Bonchev–Trinajstić information content (AvgIpc) is 2.56. The predicted octanol–water partition coefficient (Wildman–Crippen LogP) is 4.97. The Morgan fingerprint density at radius 3 is 2.20 bits per heavy atom. The van der Waals surface area contributed by atoms with Crippen LogP contribution in [0.5, 0.6) is 0 Å². The standard InChI is InChI=1S/C19H20O/c20-19(16-11-5-2-6-12-16)18-14-8-7-13-17(18)15-9-3-1-4-10-15/h2,5-8,11-15H,1,3-4,9-10H2. The summed E-state index contributed by atoms with van der Waals surface area (Å²) < 4.78 is 0. The third-order valence-corrected chi connectivity index (χ3v) is 4.29. The summed E-state index contributed by atoms with van der Waals surface area (Å²) in [4.78, 5) is 12.7. The van der Waals surface area contributed by atoms with E-state index in [0.717, 1.165) is 11.1 Å². The summed E-state index contributed by atoms with van der Waals surface area (Å²) in [6.45, 7) is 0. The molecule has 1 saturated carbocycles. The van der Waals surface area contributed by atoms with Crippen molar-refractivity contribution in [1.82, 2.24) is 0 Å². The van der Waals surface area contributed by atoms with Gasteiger partial charge in [-0.15, -0.1) is 0 Å². The molecular weight excluding hydrogens is 244 g/mol. The van der Waals surface area contributed by atoms with Crippen LogP contribution in [0.1, 0.15) is 59.5 Å². The molecule has 1 nitrogen and oxygen atoms in total. The normalized spacial score (nSPS) is 16.0. The number of hydrogen-bond donors (Lipinski definition) is 0. The van der Waals surface area contributed by atoms with Crippen molar-refractivity contribution < 1.29 is 4.79 Å². The molecule has 1 aliphatic rings. The lowest BCUT2D eigenvalue weighted by Crippen LogP contribution is -2.11. The fourth-order valence-corrected chi connectivity index (χ4v) is 3.22. The van der Waals surface area contributed by atoms with E-state index in [4.69, 9.17) is 0 Å². The highest BCUT2D eigenvalue weighted by Gasteiger charge is 2.21. The molecule has 0 spiro atoms. The first-order valence-electron chi connectivity index (χ1n) is 7.55. The molecule has 0 amide bonds. The molecule has 0 unspecified atom stereocenters. The Morgan fingerprint density at radius 1 is 0.800 bits per heavy atom. The van der Waals surface area contributed by atoms with Gasteiger partial charge in [0.15, 0.2) is 5.78 Å². The smallest absolute Gasteiger partial charge is 0.193 e. The molecule has 1 heteroatoms. The first-order chi connectivity index (χ1) is 9.86. The monoisotopic (exact) mass is 264 g/mol. The quantitative estimate of drug-likeness (QED) is 0.716. The Balaban J connectivity index is 1.95. The van der Waals surface area contributed by atoms with Crippen LogP contribution in [0.4, 0.5) is 0 Å². The number of carbonyl (C=O) groups is 1. The number of hydrogen-bond acceptors (Lipinski definition) is 1. The molecule has 0 bridgehead atoms. The van der Waals surface area contributed by atoms with Crippen molar-refractivity contribution in [3.63, 3.8) is 0 Å². The summed E-state index contributed by atoms with van der Waals surface area (Å²) >= 11 is 0. The van der Waals surface area contributed by atoms with Gasteiger partial charge >= 0.3 is 0 Å². The van der Waals surface area contributed by atoms with Crippen LogP contribution in [0.25, 0.3) is 0 Å². The first kappa shape index (κ1) is 13.1. The summed E-state index contributed by atoms with van der Waals surface area (Å²) in [5, 5.41) is 0. The molecule has 2 aromatic carbocycles. The van der Waals surface area contributed by atoms with Gasteiger partial charge in [0.05, 0.1) is 0 Å². The maximum atomic E-state index is 12.7. The third-order valence-electron chi connectivity index (χ3n) is 4.29. The zero-order valence-electron chi connectivity index (χ0n) is 11.7. The Morgan fingerprint density at radius 2 is 1.45 bits per heavy atom. The Kier molecular flexibility index (Phi) is 3.96. The topological polar surface area (TPSA) is 17.1 Å². The van der Waals surface area contributed by atoms with Gasteiger partial charge in [-0.1, -0.05) is 73.9 Å². The molecule has 0 N–H and O–H groups in total. The minimum absolute atomic E-state index is 0.159. The molecule has 1 aliphatic carbocycles. The Hall–Kier alpha value is -1.89. The fourth-order valence-electron chi connectivity index (χ4n) is 3.22. The van der Waals surface area contributed by atoms with Crippen molar-refractivity contribution in [1.29, 1.82) is 0 Å². The lowest BCUT2D eigenvalue weighted by atomic mass is 9.81. The molecule has 0 atom stereocenters. The SMILES string of the molecule is O=C(c1ccccc1)c1ccccc1C1CCCCC1. The molecule has 0 saturated heterocycles. The number of rotatable bonds is 3. The third kappa shape index (κ3) is 2.67. The maximum Gasteiger partial charge on any atom is 0.193 e. The first-order valence-corrected chi connectivity index (χ1v) is 7.55. The number of ketones is 1. The van der Waals surface area contributed by atoms with Gasteiger partial charge in [-0.25, -0.2) is 0 Å². The van der Waals surface area contributed by atoms with Crippen LogP contribution in [-0.4, -0.2) is 5.78 Å². The van der Waals surface area contributed by atoms with Gasteiger partial charge in [-0.2, -0.15) is 0 Å². The summed E-state index contributed by atoms with van der Waals surface area (Å²) in [6, 6.07) is 17.8. The largest absolute Gasteiger partial charge is 0.289 e. The van der Waals surface area contributed by atoms with E-state index in [1.807, 2.05) is 42.5 Å². The van der Waals surface area contributed by atoms with E-state index in [1.54, 1.807) is 0 Å². The van der Waals surface area contributed by atoms with Crippen molar-refractivity contribution in [3.8, 4) is 0 Å². The number of carbonyl (C=O) groups excluding carboxylic acids is 1. The van der Waals surface area contributed by atoms with Crippen LogP contribution in [0.15, 0.2) is 54.6 Å². The van der Waals surface area contributed by atoms with Gasteiger partial charge in [0.2, 0.25) is 0 Å². The Bertz CT molecular complexity index is 580. The van der Waals surface area contributed by atoms with Gasteiger partial charge in [0.25, 0.3) is 0 Å². The lowest BCUT2D eigenvalue weighted by Gasteiger charge is -2.24. The van der Waals surface area contributed by atoms with E-state index in [2.05, 4.69) is 12.1 Å². The van der Waals surface area contributed by atoms with E-state index in [0.29, 0.717) is 5.92 Å². The minimum atomic E-state index is 0.159. The van der Waals surface area contributed by atoms with Gasteiger partial charge in [0, 0.05) is 11.1 Å². The minimum Gasteiger partial charge on any atom is -0.289 e. The van der Waals surface area contributed by atoms with Crippen molar-refractivity contribution in [3.05, 3.63) is 71.3 Å². The van der Waals surface area contributed by atoms with E-state index in [9.17, 15) is 4.79 Å². The van der Waals surface area contributed by atoms with Crippen molar-refractivity contribution in [2.24, 2.45) is 0 Å². The van der Waals surface area contributed by atoms with E-state index >= 15 is 0 Å². The molecule has 0 heterocycles. The van der Waals surface area contributed by atoms with Crippen LogP contribution in [0.2, 0.25) is 0 Å². The molecule has 0 radical (unpaired) electrons. The van der Waals surface area contributed by atoms with Crippen molar-refractivity contribution in [2.75, 3.05) is 0 Å². The van der Waals surface area contributed by atoms with Crippen LogP contribution in [0.3, 0.4) is 0 Å². The zero-order chi connectivity index (χ0) is 13.8. The van der Waals surface area contributed by atoms with Crippen molar-refractivity contribution in [2.45, 2.75) is 38.0 Å². The summed E-state index contributed by atoms with van der Waals surface area (Å²) in [5.41, 5.74) is 2.93.